The summed E-state index contributed by atoms with van der Waals surface area (Å²) in [5.74, 6) is 0.424. The van der Waals surface area contributed by atoms with Crippen molar-refractivity contribution in [2.75, 3.05) is 6.54 Å². The van der Waals surface area contributed by atoms with E-state index >= 15 is 0 Å². The second-order valence-electron chi connectivity index (χ2n) is 5.78. The molecule has 3 aromatic rings. The van der Waals surface area contributed by atoms with E-state index in [-0.39, 0.29) is 12.5 Å². The molecule has 4 rings (SSSR count). The van der Waals surface area contributed by atoms with Crippen LogP contribution in [0.5, 0.6) is 0 Å². The van der Waals surface area contributed by atoms with Crippen LogP contribution in [-0.4, -0.2) is 37.6 Å². The summed E-state index contributed by atoms with van der Waals surface area (Å²) in [5, 5.41) is 17.0. The Balaban J connectivity index is 1.69. The number of carbonyl (C=O) groups is 1. The Hall–Kier alpha value is -2.99. The quantitative estimate of drug-likeness (QED) is 0.758. The third-order valence-corrected chi connectivity index (χ3v) is 4.28. The molecule has 1 atom stereocenters. The molecule has 2 aromatic carbocycles. The number of benzene rings is 2. The Bertz CT molecular complexity index is 876. The third kappa shape index (κ3) is 2.47. The van der Waals surface area contributed by atoms with Gasteiger partial charge in [-0.1, -0.05) is 42.5 Å². The standard InChI is InChI=1S/C18H16N4O2/c23-16-10-22(9-12-5-1-2-6-13(12)16)18(24)15-8-4-3-7-14(15)17-19-11-20-21-17/h1-8,11,16,23H,9-10H2,(H,19,20,21)/t16-/m0/s1. The summed E-state index contributed by atoms with van der Waals surface area (Å²) in [6.07, 6.45) is 0.744. The van der Waals surface area contributed by atoms with Gasteiger partial charge < -0.3 is 10.0 Å². The van der Waals surface area contributed by atoms with Gasteiger partial charge in [-0.15, -0.1) is 0 Å². The van der Waals surface area contributed by atoms with Gasteiger partial charge in [0.2, 0.25) is 0 Å². The molecule has 0 saturated carbocycles. The van der Waals surface area contributed by atoms with Crippen molar-refractivity contribution < 1.29 is 9.90 Å². The average molecular weight is 320 g/mol. The second kappa shape index (κ2) is 5.90. The maximum absolute atomic E-state index is 13.0. The first-order valence-electron chi connectivity index (χ1n) is 7.74. The van der Waals surface area contributed by atoms with Gasteiger partial charge in [0.25, 0.3) is 5.91 Å². The molecule has 24 heavy (non-hydrogen) atoms. The Morgan fingerprint density at radius 2 is 1.96 bits per heavy atom. The lowest BCUT2D eigenvalue weighted by atomic mass is 9.96. The number of H-pyrrole nitrogens is 1. The maximum atomic E-state index is 13.0. The van der Waals surface area contributed by atoms with Crippen molar-refractivity contribution >= 4 is 5.91 Å². The monoisotopic (exact) mass is 320 g/mol. The fourth-order valence-corrected chi connectivity index (χ4v) is 3.12. The second-order valence-corrected chi connectivity index (χ2v) is 5.78. The van der Waals surface area contributed by atoms with E-state index in [0.29, 0.717) is 23.5 Å². The number of aliphatic hydroxyl groups is 1. The van der Waals surface area contributed by atoms with Gasteiger partial charge in [-0.3, -0.25) is 9.89 Å². The lowest BCUT2D eigenvalue weighted by molar-refractivity contribution is 0.0550. The number of nitrogens with zero attached hydrogens (tertiary/aromatic N) is 3. The minimum absolute atomic E-state index is 0.129. The van der Waals surface area contributed by atoms with Gasteiger partial charge in [0, 0.05) is 12.1 Å². The zero-order valence-electron chi connectivity index (χ0n) is 12.9. The van der Waals surface area contributed by atoms with Crippen molar-refractivity contribution in [2.45, 2.75) is 12.6 Å². The van der Waals surface area contributed by atoms with Gasteiger partial charge in [0.05, 0.1) is 18.2 Å². The summed E-state index contributed by atoms with van der Waals surface area (Å²) in [4.78, 5) is 18.8. The molecule has 1 aliphatic rings. The van der Waals surface area contributed by atoms with E-state index in [1.54, 1.807) is 11.0 Å². The van der Waals surface area contributed by atoms with E-state index in [4.69, 9.17) is 0 Å². The minimum Gasteiger partial charge on any atom is -0.387 e. The first kappa shape index (κ1) is 14.6. The van der Waals surface area contributed by atoms with E-state index in [9.17, 15) is 9.90 Å². The Morgan fingerprint density at radius 1 is 1.17 bits per heavy atom. The highest BCUT2D eigenvalue weighted by atomic mass is 16.3. The number of aromatic nitrogens is 3. The van der Waals surface area contributed by atoms with E-state index < -0.39 is 6.10 Å². The number of rotatable bonds is 2. The molecule has 6 heteroatoms. The SMILES string of the molecule is O=C(c1ccccc1-c1ncn[nH]1)N1Cc2ccccc2[C@@H](O)C1. The summed E-state index contributed by atoms with van der Waals surface area (Å²) in [7, 11) is 0. The van der Waals surface area contributed by atoms with Gasteiger partial charge in [-0.25, -0.2) is 4.98 Å². The first-order valence-corrected chi connectivity index (χ1v) is 7.74. The Morgan fingerprint density at radius 3 is 2.79 bits per heavy atom. The number of fused-ring (bicyclic) bond motifs is 1. The van der Waals surface area contributed by atoms with Gasteiger partial charge in [-0.2, -0.15) is 5.10 Å². The predicted molar refractivity (Wildman–Crippen MR) is 88.0 cm³/mol. The number of aliphatic hydroxyl groups excluding tert-OH is 1. The van der Waals surface area contributed by atoms with Crippen LogP contribution in [0.1, 0.15) is 27.6 Å². The van der Waals surface area contributed by atoms with Gasteiger partial charge >= 0.3 is 0 Å². The number of carbonyl (C=O) groups excluding carboxylic acids is 1. The van der Waals surface area contributed by atoms with E-state index in [1.165, 1.54) is 6.33 Å². The average Bonchev–Trinajstić information content (AvgIpc) is 3.15. The van der Waals surface area contributed by atoms with Crippen LogP contribution >= 0.6 is 0 Å². The largest absolute Gasteiger partial charge is 0.387 e. The summed E-state index contributed by atoms with van der Waals surface area (Å²) >= 11 is 0. The molecule has 6 nitrogen and oxygen atoms in total. The first-order chi connectivity index (χ1) is 11.7. The summed E-state index contributed by atoms with van der Waals surface area (Å²) in [6.45, 7) is 0.761. The summed E-state index contributed by atoms with van der Waals surface area (Å²) in [6, 6.07) is 15.0. The number of aromatic amines is 1. The molecular weight excluding hydrogens is 304 g/mol. The number of hydrogen-bond acceptors (Lipinski definition) is 4. The van der Waals surface area contributed by atoms with Crippen molar-refractivity contribution in [3.05, 3.63) is 71.5 Å². The molecular formula is C18H16N4O2. The molecule has 0 spiro atoms. The fraction of sp³-hybridized carbons (Fsp3) is 0.167. The van der Waals surface area contributed by atoms with E-state index in [1.807, 2.05) is 42.5 Å². The molecule has 0 aliphatic carbocycles. The summed E-state index contributed by atoms with van der Waals surface area (Å²) < 4.78 is 0. The van der Waals surface area contributed by atoms with Crippen LogP contribution in [0.4, 0.5) is 0 Å². The smallest absolute Gasteiger partial charge is 0.255 e. The molecule has 0 radical (unpaired) electrons. The molecule has 0 fully saturated rings. The van der Waals surface area contributed by atoms with Crippen LogP contribution in [0.15, 0.2) is 54.9 Å². The van der Waals surface area contributed by atoms with Crippen molar-refractivity contribution in [3.8, 4) is 11.4 Å². The highest BCUT2D eigenvalue weighted by Crippen LogP contribution is 2.29. The molecule has 2 heterocycles. The third-order valence-electron chi connectivity index (χ3n) is 4.28. The number of nitrogens with one attached hydrogen (secondary N) is 1. The molecule has 1 aromatic heterocycles. The molecule has 0 saturated heterocycles. The lowest BCUT2D eigenvalue weighted by Crippen LogP contribution is -2.38. The Labute approximate surface area is 138 Å². The molecule has 0 bridgehead atoms. The van der Waals surface area contributed by atoms with Crippen LogP contribution in [0.25, 0.3) is 11.4 Å². The molecule has 120 valence electrons. The highest BCUT2D eigenvalue weighted by Gasteiger charge is 2.28. The highest BCUT2D eigenvalue weighted by molar-refractivity contribution is 6.00. The van der Waals surface area contributed by atoms with Gasteiger partial charge in [0.15, 0.2) is 5.82 Å². The van der Waals surface area contributed by atoms with Crippen LogP contribution in [0.3, 0.4) is 0 Å². The van der Waals surface area contributed by atoms with E-state index in [2.05, 4.69) is 15.2 Å². The van der Waals surface area contributed by atoms with Gasteiger partial charge in [-0.05, 0) is 17.2 Å². The van der Waals surface area contributed by atoms with Gasteiger partial charge in [0.1, 0.15) is 6.33 Å². The van der Waals surface area contributed by atoms with Crippen LogP contribution < -0.4 is 0 Å². The van der Waals surface area contributed by atoms with Crippen LogP contribution in [-0.2, 0) is 6.54 Å². The number of β-amino-alcohol motifs (C(OH)–C–C–N with tert-alkyl or cyclic N) is 1. The van der Waals surface area contributed by atoms with Crippen molar-refractivity contribution in [1.82, 2.24) is 20.1 Å². The van der Waals surface area contributed by atoms with Crippen LogP contribution in [0, 0.1) is 0 Å². The fourth-order valence-electron chi connectivity index (χ4n) is 3.12. The zero-order valence-corrected chi connectivity index (χ0v) is 12.9. The maximum Gasteiger partial charge on any atom is 0.255 e. The van der Waals surface area contributed by atoms with Crippen molar-refractivity contribution in [2.24, 2.45) is 0 Å². The van der Waals surface area contributed by atoms with E-state index in [0.717, 1.165) is 11.1 Å². The Kier molecular flexibility index (Phi) is 3.59. The molecule has 2 N–H and O–H groups in total. The number of hydrogen-bond donors (Lipinski definition) is 2. The molecule has 1 aliphatic heterocycles. The zero-order chi connectivity index (χ0) is 16.5. The topological polar surface area (TPSA) is 82.1 Å². The summed E-state index contributed by atoms with van der Waals surface area (Å²) in [5.41, 5.74) is 3.11. The predicted octanol–water partition coefficient (Wildman–Crippen LogP) is 2.16. The minimum atomic E-state index is -0.670. The lowest BCUT2D eigenvalue weighted by Gasteiger charge is -2.32. The van der Waals surface area contributed by atoms with Crippen LogP contribution in [0.2, 0.25) is 0 Å². The normalized spacial score (nSPS) is 16.7. The molecule has 0 unspecified atom stereocenters. The van der Waals surface area contributed by atoms with Crippen molar-refractivity contribution in [1.29, 1.82) is 0 Å². The number of amides is 1. The van der Waals surface area contributed by atoms with Crippen molar-refractivity contribution in [3.63, 3.8) is 0 Å². The molecule has 1 amide bonds.